The molecule has 66 valence electrons. The molecule has 0 bridgehead atoms. The first-order valence-electron chi connectivity index (χ1n) is 3.18. The molecule has 0 aliphatic carbocycles. The van der Waals surface area contributed by atoms with E-state index in [1.807, 2.05) is 0 Å². The molecule has 0 aromatic heterocycles. The van der Waals surface area contributed by atoms with Crippen molar-refractivity contribution in [3.8, 4) is 0 Å². The van der Waals surface area contributed by atoms with Crippen LogP contribution in [0.5, 0.6) is 0 Å². The maximum atomic E-state index is 11.5. The summed E-state index contributed by atoms with van der Waals surface area (Å²) in [6.07, 6.45) is -5.07. The number of carbonyl (C=O) groups is 1. The number of hydrogen-bond donors (Lipinski definition) is 1. The van der Waals surface area contributed by atoms with Crippen molar-refractivity contribution < 1.29 is 23.4 Å². The van der Waals surface area contributed by atoms with Gasteiger partial charge in [-0.3, -0.25) is 4.79 Å². The number of ketones is 1. The van der Waals surface area contributed by atoms with Crippen molar-refractivity contribution in [1.29, 1.82) is 0 Å². The van der Waals surface area contributed by atoms with Gasteiger partial charge in [-0.2, -0.15) is 0 Å². The molecule has 3 nitrogen and oxygen atoms in total. The van der Waals surface area contributed by atoms with Crippen LogP contribution in [0, 0.1) is 0 Å². The lowest BCUT2D eigenvalue weighted by atomic mass is 10.3. The highest BCUT2D eigenvalue weighted by Crippen LogP contribution is 2.02. The van der Waals surface area contributed by atoms with Crippen LogP contribution in [0.15, 0.2) is 0 Å². The van der Waals surface area contributed by atoms with Gasteiger partial charge in [0.05, 0.1) is 6.42 Å². The van der Waals surface area contributed by atoms with E-state index < -0.39 is 24.9 Å². The lowest BCUT2D eigenvalue weighted by molar-refractivity contribution is -0.144. The van der Waals surface area contributed by atoms with Crippen LogP contribution in [0.2, 0.25) is 0 Å². The Morgan fingerprint density at radius 1 is 1.64 bits per heavy atom. The SMILES string of the molecule is CCOC(O)CC(=O)C(F)F. The second-order valence-corrected chi connectivity index (χ2v) is 1.88. The van der Waals surface area contributed by atoms with Gasteiger partial charge in [-0.05, 0) is 6.92 Å². The van der Waals surface area contributed by atoms with Gasteiger partial charge < -0.3 is 9.84 Å². The summed E-state index contributed by atoms with van der Waals surface area (Å²) in [6.45, 7) is 1.79. The largest absolute Gasteiger partial charge is 0.368 e. The number of hydrogen-bond acceptors (Lipinski definition) is 3. The zero-order chi connectivity index (χ0) is 8.85. The quantitative estimate of drug-likeness (QED) is 0.610. The second kappa shape index (κ2) is 5.15. The molecule has 0 heterocycles. The highest BCUT2D eigenvalue weighted by molar-refractivity contribution is 5.81. The van der Waals surface area contributed by atoms with Crippen LogP contribution >= 0.6 is 0 Å². The number of halogens is 2. The molecule has 1 atom stereocenters. The zero-order valence-electron chi connectivity index (χ0n) is 6.09. The van der Waals surface area contributed by atoms with Gasteiger partial charge in [0, 0.05) is 6.61 Å². The number of aliphatic hydroxyl groups is 1. The third-order valence-corrected chi connectivity index (χ3v) is 0.978. The predicted octanol–water partition coefficient (Wildman–Crippen LogP) is 0.566. The Morgan fingerprint density at radius 2 is 2.18 bits per heavy atom. The van der Waals surface area contributed by atoms with E-state index in [0.717, 1.165) is 0 Å². The van der Waals surface area contributed by atoms with E-state index >= 15 is 0 Å². The summed E-state index contributed by atoms with van der Waals surface area (Å²) in [5.41, 5.74) is 0. The molecule has 0 saturated heterocycles. The molecule has 1 unspecified atom stereocenters. The highest BCUT2D eigenvalue weighted by Gasteiger charge is 2.19. The second-order valence-electron chi connectivity index (χ2n) is 1.88. The number of carbonyl (C=O) groups excluding carboxylic acids is 1. The third-order valence-electron chi connectivity index (χ3n) is 0.978. The molecular weight excluding hydrogens is 158 g/mol. The van der Waals surface area contributed by atoms with Gasteiger partial charge in [0.1, 0.15) is 0 Å². The third kappa shape index (κ3) is 4.80. The number of rotatable bonds is 5. The number of ether oxygens (including phenoxy) is 1. The van der Waals surface area contributed by atoms with Crippen LogP contribution in [0.3, 0.4) is 0 Å². The van der Waals surface area contributed by atoms with Crippen LogP contribution in [-0.2, 0) is 9.53 Å². The van der Waals surface area contributed by atoms with Crippen LogP contribution in [-0.4, -0.2) is 30.2 Å². The summed E-state index contributed by atoms with van der Waals surface area (Å²) in [7, 11) is 0. The molecule has 1 N–H and O–H groups in total. The Morgan fingerprint density at radius 3 is 2.55 bits per heavy atom. The fourth-order valence-electron chi connectivity index (χ4n) is 0.513. The lowest BCUT2D eigenvalue weighted by Crippen LogP contribution is -2.21. The normalized spacial score (nSPS) is 13.5. The molecule has 5 heteroatoms. The fraction of sp³-hybridized carbons (Fsp3) is 0.833. The highest BCUT2D eigenvalue weighted by atomic mass is 19.3. The standard InChI is InChI=1S/C6H10F2O3/c1-2-11-5(10)3-4(9)6(7)8/h5-6,10H,2-3H2,1H3. The van der Waals surface area contributed by atoms with Gasteiger partial charge >= 0.3 is 0 Å². The predicted molar refractivity (Wildman–Crippen MR) is 33.3 cm³/mol. The first-order chi connectivity index (χ1) is 5.07. The fourth-order valence-corrected chi connectivity index (χ4v) is 0.513. The Balaban J connectivity index is 3.57. The van der Waals surface area contributed by atoms with Gasteiger partial charge in [0.2, 0.25) is 5.78 Å². The minimum atomic E-state index is -3.02. The number of Topliss-reactive ketones (excluding diaryl/α,β-unsaturated/α-hetero) is 1. The maximum Gasteiger partial charge on any atom is 0.296 e. The smallest absolute Gasteiger partial charge is 0.296 e. The van der Waals surface area contributed by atoms with E-state index in [2.05, 4.69) is 4.74 Å². The van der Waals surface area contributed by atoms with Crippen LogP contribution in [0.4, 0.5) is 8.78 Å². The van der Waals surface area contributed by atoms with Crippen molar-refractivity contribution in [2.45, 2.75) is 26.1 Å². The summed E-state index contributed by atoms with van der Waals surface area (Å²) in [6, 6.07) is 0. The van der Waals surface area contributed by atoms with Crippen LogP contribution in [0.25, 0.3) is 0 Å². The Bertz CT molecular complexity index is 127. The van der Waals surface area contributed by atoms with Gasteiger partial charge in [0.15, 0.2) is 6.29 Å². The summed E-state index contributed by atoms with van der Waals surface area (Å²) in [4.78, 5) is 10.2. The first kappa shape index (κ1) is 10.4. The van der Waals surface area contributed by atoms with Crippen molar-refractivity contribution in [3.63, 3.8) is 0 Å². The number of alkyl halides is 2. The molecule has 0 aliphatic rings. The molecule has 0 spiro atoms. The summed E-state index contributed by atoms with van der Waals surface area (Å²) >= 11 is 0. The summed E-state index contributed by atoms with van der Waals surface area (Å²) in [5.74, 6) is -1.30. The molecule has 0 aliphatic heterocycles. The lowest BCUT2D eigenvalue weighted by Gasteiger charge is -2.08. The molecule has 11 heavy (non-hydrogen) atoms. The molecular formula is C6H10F2O3. The van der Waals surface area contributed by atoms with E-state index in [9.17, 15) is 13.6 Å². The molecule has 0 aromatic carbocycles. The van der Waals surface area contributed by atoms with Crippen molar-refractivity contribution in [2.24, 2.45) is 0 Å². The molecule has 0 amide bonds. The monoisotopic (exact) mass is 168 g/mol. The van der Waals surface area contributed by atoms with Crippen molar-refractivity contribution in [1.82, 2.24) is 0 Å². The van der Waals surface area contributed by atoms with Gasteiger partial charge in [0.25, 0.3) is 6.43 Å². The average molecular weight is 168 g/mol. The zero-order valence-corrected chi connectivity index (χ0v) is 6.09. The number of aliphatic hydroxyl groups excluding tert-OH is 1. The minimum Gasteiger partial charge on any atom is -0.368 e. The van der Waals surface area contributed by atoms with Gasteiger partial charge in [-0.25, -0.2) is 8.78 Å². The van der Waals surface area contributed by atoms with Gasteiger partial charge in [-0.15, -0.1) is 0 Å². The van der Waals surface area contributed by atoms with Crippen molar-refractivity contribution in [2.75, 3.05) is 6.61 Å². The van der Waals surface area contributed by atoms with E-state index in [-0.39, 0.29) is 6.61 Å². The topological polar surface area (TPSA) is 46.5 Å². The van der Waals surface area contributed by atoms with Crippen LogP contribution < -0.4 is 0 Å². The molecule has 0 rings (SSSR count). The molecule has 0 saturated carbocycles. The van der Waals surface area contributed by atoms with E-state index in [0.29, 0.717) is 0 Å². The molecule has 0 fully saturated rings. The summed E-state index contributed by atoms with van der Waals surface area (Å²) in [5, 5.41) is 8.69. The first-order valence-corrected chi connectivity index (χ1v) is 3.18. The maximum absolute atomic E-state index is 11.5. The van der Waals surface area contributed by atoms with E-state index in [4.69, 9.17) is 5.11 Å². The average Bonchev–Trinajstić information content (AvgIpc) is 1.87. The van der Waals surface area contributed by atoms with Crippen LogP contribution in [0.1, 0.15) is 13.3 Å². The Hall–Kier alpha value is -0.550. The van der Waals surface area contributed by atoms with E-state index in [1.165, 1.54) is 0 Å². The molecule has 0 aromatic rings. The Kier molecular flexibility index (Phi) is 4.89. The van der Waals surface area contributed by atoms with Crippen molar-refractivity contribution >= 4 is 5.78 Å². The summed E-state index contributed by atoms with van der Waals surface area (Å²) < 4.78 is 27.5. The van der Waals surface area contributed by atoms with E-state index in [1.54, 1.807) is 6.92 Å². The Labute approximate surface area is 63.0 Å². The van der Waals surface area contributed by atoms with Gasteiger partial charge in [-0.1, -0.05) is 0 Å². The van der Waals surface area contributed by atoms with Crippen molar-refractivity contribution in [3.05, 3.63) is 0 Å². The molecule has 0 radical (unpaired) electrons. The minimum absolute atomic E-state index is 0.192.